The molecule has 0 radical (unpaired) electrons. The number of aromatic nitrogens is 7. The van der Waals surface area contributed by atoms with E-state index in [9.17, 15) is 5.21 Å². The van der Waals surface area contributed by atoms with Crippen molar-refractivity contribution in [2.75, 3.05) is 0 Å². The van der Waals surface area contributed by atoms with Gasteiger partial charge in [-0.15, -0.1) is 5.10 Å². The van der Waals surface area contributed by atoms with Crippen molar-refractivity contribution in [3.8, 4) is 33.8 Å². The van der Waals surface area contributed by atoms with Gasteiger partial charge in [-0.2, -0.15) is 4.73 Å². The van der Waals surface area contributed by atoms with Crippen molar-refractivity contribution in [1.29, 1.82) is 0 Å². The highest BCUT2D eigenvalue weighted by molar-refractivity contribution is 5.81. The molecule has 53 heavy (non-hydrogen) atoms. The molecule has 260 valence electrons. The number of hydrogen-bond donors (Lipinski definition) is 0. The van der Waals surface area contributed by atoms with E-state index in [1.165, 1.54) is 18.0 Å². The van der Waals surface area contributed by atoms with Gasteiger partial charge in [-0.3, -0.25) is 0 Å². The van der Waals surface area contributed by atoms with Gasteiger partial charge in [0.25, 0.3) is 0 Å². The van der Waals surface area contributed by atoms with Crippen LogP contribution < -0.4 is 4.73 Å². The molecule has 0 saturated heterocycles. The van der Waals surface area contributed by atoms with Gasteiger partial charge in [-0.25, -0.2) is 9.67 Å². The predicted molar refractivity (Wildman–Crippen MR) is 208 cm³/mol. The van der Waals surface area contributed by atoms with Gasteiger partial charge < -0.3 is 9.77 Å². The van der Waals surface area contributed by atoms with Gasteiger partial charge >= 0.3 is 0 Å². The largest absolute Gasteiger partial charge is 0.619 e. The zero-order valence-electron chi connectivity index (χ0n) is 29.5. The number of unbranched alkanes of at least 4 members (excludes halogenated alkanes) is 1. The molecule has 5 aromatic carbocycles. The first-order valence-electron chi connectivity index (χ1n) is 18.0. The summed E-state index contributed by atoms with van der Waals surface area (Å²) in [5.41, 5.74) is 8.30. The Morgan fingerprint density at radius 1 is 0.642 bits per heavy atom. The Labute approximate surface area is 309 Å². The van der Waals surface area contributed by atoms with Crippen LogP contribution in [0.15, 0.2) is 170 Å². The van der Waals surface area contributed by atoms with E-state index >= 15 is 0 Å². The number of tetrazole rings is 1. The van der Waals surface area contributed by atoms with Crippen molar-refractivity contribution < 1.29 is 4.73 Å². The maximum absolute atomic E-state index is 11.6. The standard InChI is InChI=1S/C45H39N7O/c1-2-3-23-43-46-42(36-28-30-51(53)31-29-36)33-50(43)32-34-24-26-35(27-25-34)40-21-13-14-22-41(40)44-47-48-49-52(44)45(37-15-7-4-8-16-37,38-17-9-5-10-18-38)39-19-11-6-12-20-39/h4-22,24-31,33H,2-3,23,32H2,1H3. The van der Waals surface area contributed by atoms with Crippen molar-refractivity contribution in [3.63, 3.8) is 0 Å². The van der Waals surface area contributed by atoms with Crippen LogP contribution >= 0.6 is 0 Å². The van der Waals surface area contributed by atoms with Crippen molar-refractivity contribution in [3.05, 3.63) is 204 Å². The van der Waals surface area contributed by atoms with Crippen molar-refractivity contribution in [1.82, 2.24) is 29.8 Å². The topological polar surface area (TPSA) is 88.4 Å². The zero-order chi connectivity index (χ0) is 36.0. The van der Waals surface area contributed by atoms with Crippen molar-refractivity contribution in [2.24, 2.45) is 0 Å². The molecular formula is C45H39N7O. The minimum Gasteiger partial charge on any atom is -0.619 e. The zero-order valence-corrected chi connectivity index (χ0v) is 29.5. The molecule has 8 nitrogen and oxygen atoms in total. The normalized spacial score (nSPS) is 11.5. The highest BCUT2D eigenvalue weighted by Gasteiger charge is 2.42. The van der Waals surface area contributed by atoms with Gasteiger partial charge in [0.05, 0.1) is 5.69 Å². The minimum atomic E-state index is -0.853. The molecule has 0 bridgehead atoms. The molecule has 0 amide bonds. The minimum absolute atomic E-state index is 0.663. The van der Waals surface area contributed by atoms with E-state index in [-0.39, 0.29) is 0 Å². The molecule has 8 aromatic rings. The fourth-order valence-corrected chi connectivity index (χ4v) is 7.25. The number of rotatable bonds is 12. The van der Waals surface area contributed by atoms with Crippen LogP contribution in [0.3, 0.4) is 0 Å². The predicted octanol–water partition coefficient (Wildman–Crippen LogP) is 8.74. The summed E-state index contributed by atoms with van der Waals surface area (Å²) in [4.78, 5) is 4.97. The van der Waals surface area contributed by atoms with Gasteiger partial charge in [-0.1, -0.05) is 153 Å². The van der Waals surface area contributed by atoms with Gasteiger partial charge in [0.15, 0.2) is 18.2 Å². The van der Waals surface area contributed by atoms with Crippen LogP contribution in [0.2, 0.25) is 0 Å². The average Bonchev–Trinajstić information content (AvgIpc) is 3.87. The summed E-state index contributed by atoms with van der Waals surface area (Å²) < 4.78 is 5.01. The molecule has 0 N–H and O–H groups in total. The maximum Gasteiger partial charge on any atom is 0.184 e. The molecule has 0 fully saturated rings. The number of pyridine rings is 1. The third-order valence-electron chi connectivity index (χ3n) is 9.86. The first-order valence-corrected chi connectivity index (χ1v) is 18.0. The summed E-state index contributed by atoms with van der Waals surface area (Å²) in [7, 11) is 0. The van der Waals surface area contributed by atoms with Crippen molar-refractivity contribution >= 4 is 0 Å². The number of aryl methyl sites for hydroxylation is 1. The van der Waals surface area contributed by atoms with Gasteiger partial charge in [0.1, 0.15) is 11.4 Å². The first-order chi connectivity index (χ1) is 26.1. The second kappa shape index (κ2) is 14.9. The Hall–Kier alpha value is -6.67. The number of imidazole rings is 1. The first kappa shape index (κ1) is 33.5. The maximum atomic E-state index is 11.6. The Balaban J connectivity index is 1.19. The second-order valence-electron chi connectivity index (χ2n) is 13.2. The average molecular weight is 694 g/mol. The molecule has 8 heteroatoms. The van der Waals surface area contributed by atoms with E-state index in [0.29, 0.717) is 12.4 Å². The Morgan fingerprint density at radius 3 is 1.79 bits per heavy atom. The molecule has 0 atom stereocenters. The molecule has 0 aliphatic rings. The third kappa shape index (κ3) is 6.51. The quantitative estimate of drug-likeness (QED) is 0.0726. The van der Waals surface area contributed by atoms with Gasteiger partial charge in [0.2, 0.25) is 0 Å². The lowest BCUT2D eigenvalue weighted by molar-refractivity contribution is -0.605. The van der Waals surface area contributed by atoms with Crippen LogP contribution in [0, 0.1) is 5.21 Å². The molecule has 0 unspecified atom stereocenters. The smallest absolute Gasteiger partial charge is 0.184 e. The second-order valence-corrected chi connectivity index (χ2v) is 13.2. The highest BCUT2D eigenvalue weighted by atomic mass is 16.5. The summed E-state index contributed by atoms with van der Waals surface area (Å²) in [5.74, 6) is 1.71. The van der Waals surface area contributed by atoms with E-state index in [0.717, 1.165) is 74.5 Å². The molecular weight excluding hydrogens is 655 g/mol. The Morgan fingerprint density at radius 2 is 1.21 bits per heavy atom. The fourth-order valence-electron chi connectivity index (χ4n) is 7.25. The van der Waals surface area contributed by atoms with Crippen LogP contribution in [-0.4, -0.2) is 29.8 Å². The van der Waals surface area contributed by atoms with E-state index < -0.39 is 5.54 Å². The van der Waals surface area contributed by atoms with Gasteiger partial charge in [-0.05, 0) is 50.2 Å². The molecule has 8 rings (SSSR count). The summed E-state index contributed by atoms with van der Waals surface area (Å²) in [6, 6.07) is 52.1. The van der Waals surface area contributed by atoms with E-state index in [1.807, 2.05) is 41.1 Å². The highest BCUT2D eigenvalue weighted by Crippen LogP contribution is 2.43. The van der Waals surface area contributed by atoms with Crippen LogP contribution in [-0.2, 0) is 18.5 Å². The number of hydrogen-bond acceptors (Lipinski definition) is 5. The summed E-state index contributed by atoms with van der Waals surface area (Å²) in [6.45, 7) is 2.88. The van der Waals surface area contributed by atoms with Crippen LogP contribution in [0.25, 0.3) is 33.8 Å². The summed E-state index contributed by atoms with van der Waals surface area (Å²) in [6.07, 6.45) is 8.16. The Kier molecular flexibility index (Phi) is 9.41. The Bertz CT molecular complexity index is 2310. The molecule has 0 spiro atoms. The molecule has 0 aliphatic carbocycles. The lowest BCUT2D eigenvalue weighted by Gasteiger charge is -2.36. The molecule has 0 aliphatic heterocycles. The number of nitrogens with zero attached hydrogens (tertiary/aromatic N) is 7. The fraction of sp³-hybridized carbons (Fsp3) is 0.133. The van der Waals surface area contributed by atoms with Gasteiger partial charge in [0, 0.05) is 42.4 Å². The van der Waals surface area contributed by atoms with Crippen LogP contribution in [0.4, 0.5) is 0 Å². The SMILES string of the molecule is CCCCc1nc(-c2cc[n+]([O-])cc2)cn1Cc1ccc(-c2ccccc2-c2nnnn2C(c2ccccc2)(c2ccccc2)c2ccccc2)cc1. The molecule has 3 heterocycles. The van der Waals surface area contributed by atoms with E-state index in [1.54, 1.807) is 0 Å². The lowest BCUT2D eigenvalue weighted by atomic mass is 9.77. The number of benzene rings is 5. The van der Waals surface area contributed by atoms with E-state index in [4.69, 9.17) is 15.3 Å². The molecule has 3 aromatic heterocycles. The summed E-state index contributed by atoms with van der Waals surface area (Å²) >= 11 is 0. The monoisotopic (exact) mass is 693 g/mol. The van der Waals surface area contributed by atoms with Crippen molar-refractivity contribution in [2.45, 2.75) is 38.3 Å². The summed E-state index contributed by atoms with van der Waals surface area (Å²) in [5, 5.41) is 25.5. The van der Waals surface area contributed by atoms with E-state index in [2.05, 4.69) is 138 Å². The third-order valence-corrected chi connectivity index (χ3v) is 9.86. The molecule has 0 saturated carbocycles. The van der Waals surface area contributed by atoms with Crippen LogP contribution in [0.1, 0.15) is 47.8 Å². The lowest BCUT2D eigenvalue weighted by Crippen LogP contribution is -2.39. The van der Waals surface area contributed by atoms with Crippen LogP contribution in [0.5, 0.6) is 0 Å².